The Morgan fingerprint density at radius 3 is 2.50 bits per heavy atom. The van der Waals surface area contributed by atoms with E-state index in [-0.39, 0.29) is 29.9 Å². The Labute approximate surface area is 123 Å². The predicted molar refractivity (Wildman–Crippen MR) is 77.7 cm³/mol. The average Bonchev–Trinajstić information content (AvgIpc) is 2.34. The molecule has 1 aliphatic heterocycles. The number of hydrogen-bond acceptors (Lipinski definition) is 4. The van der Waals surface area contributed by atoms with E-state index < -0.39 is 4.92 Å². The highest BCUT2D eigenvalue weighted by Gasteiger charge is 2.28. The summed E-state index contributed by atoms with van der Waals surface area (Å²) in [6, 6.07) is 6.21. The van der Waals surface area contributed by atoms with Crippen LogP contribution in [0.5, 0.6) is 0 Å². The smallest absolute Gasteiger partial charge is 0.269 e. The molecule has 0 radical (unpaired) electrons. The average molecular weight is 300 g/mol. The maximum atomic E-state index is 11.9. The Morgan fingerprint density at radius 1 is 1.45 bits per heavy atom. The summed E-state index contributed by atoms with van der Waals surface area (Å²) in [5, 5.41) is 16.5. The number of rotatable bonds is 5. The molecule has 1 fully saturated rings. The van der Waals surface area contributed by atoms with Crippen molar-refractivity contribution in [3.05, 3.63) is 39.9 Å². The lowest BCUT2D eigenvalue weighted by Gasteiger charge is -2.31. The molecule has 1 aromatic carbocycles. The molecular weight excluding hydrogens is 282 g/mol. The van der Waals surface area contributed by atoms with E-state index in [2.05, 4.69) is 10.6 Å². The Bertz CT molecular complexity index is 474. The van der Waals surface area contributed by atoms with Crippen molar-refractivity contribution in [1.29, 1.82) is 0 Å². The van der Waals surface area contributed by atoms with Crippen LogP contribution in [0.3, 0.4) is 0 Å². The first kappa shape index (κ1) is 16.4. The highest BCUT2D eigenvalue weighted by atomic mass is 35.5. The van der Waals surface area contributed by atoms with Crippen LogP contribution < -0.4 is 10.6 Å². The third-order valence-corrected chi connectivity index (χ3v) is 3.55. The largest absolute Gasteiger partial charge is 0.352 e. The van der Waals surface area contributed by atoms with Crippen LogP contribution in [-0.4, -0.2) is 23.9 Å². The summed E-state index contributed by atoms with van der Waals surface area (Å²) < 4.78 is 0. The highest BCUT2D eigenvalue weighted by molar-refractivity contribution is 5.85. The SMILES string of the molecule is CC(C(=O)NCc1ccc([N+](=O)[O-])cc1)C1CNC1.Cl. The van der Waals surface area contributed by atoms with E-state index in [9.17, 15) is 14.9 Å². The molecule has 1 amide bonds. The van der Waals surface area contributed by atoms with E-state index in [0.717, 1.165) is 18.7 Å². The fraction of sp³-hybridized carbons (Fsp3) is 0.462. The minimum Gasteiger partial charge on any atom is -0.352 e. The number of non-ortho nitro benzene ring substituents is 1. The van der Waals surface area contributed by atoms with Crippen molar-refractivity contribution in [3.8, 4) is 0 Å². The van der Waals surface area contributed by atoms with Gasteiger partial charge in [-0.15, -0.1) is 12.4 Å². The van der Waals surface area contributed by atoms with Gasteiger partial charge in [-0.25, -0.2) is 0 Å². The first-order valence-corrected chi connectivity index (χ1v) is 6.29. The molecule has 110 valence electrons. The van der Waals surface area contributed by atoms with Gasteiger partial charge in [-0.3, -0.25) is 14.9 Å². The van der Waals surface area contributed by atoms with Crippen molar-refractivity contribution in [2.75, 3.05) is 13.1 Å². The second-order valence-electron chi connectivity index (χ2n) is 4.85. The molecule has 1 aromatic rings. The Morgan fingerprint density at radius 2 is 2.05 bits per heavy atom. The van der Waals surface area contributed by atoms with E-state index >= 15 is 0 Å². The van der Waals surface area contributed by atoms with Gasteiger partial charge in [0.1, 0.15) is 0 Å². The Hall–Kier alpha value is -1.66. The van der Waals surface area contributed by atoms with E-state index in [1.165, 1.54) is 12.1 Å². The molecule has 0 saturated carbocycles. The third-order valence-electron chi connectivity index (χ3n) is 3.55. The van der Waals surface area contributed by atoms with Crippen LogP contribution in [0.15, 0.2) is 24.3 Å². The molecule has 0 aliphatic carbocycles. The molecule has 2 rings (SSSR count). The summed E-state index contributed by atoms with van der Waals surface area (Å²) in [5.41, 5.74) is 0.918. The third kappa shape index (κ3) is 3.91. The number of hydrogen-bond donors (Lipinski definition) is 2. The minimum absolute atomic E-state index is 0. The molecule has 0 spiro atoms. The van der Waals surface area contributed by atoms with Gasteiger partial charge in [0.05, 0.1) is 4.92 Å². The maximum Gasteiger partial charge on any atom is 0.269 e. The first-order chi connectivity index (χ1) is 9.08. The van der Waals surface area contributed by atoms with Gasteiger partial charge in [0.25, 0.3) is 5.69 Å². The number of nitrogens with one attached hydrogen (secondary N) is 2. The van der Waals surface area contributed by atoms with E-state index in [1.807, 2.05) is 6.92 Å². The number of nitrogens with zero attached hydrogens (tertiary/aromatic N) is 1. The zero-order valence-corrected chi connectivity index (χ0v) is 12.0. The van der Waals surface area contributed by atoms with Gasteiger partial charge >= 0.3 is 0 Å². The lowest BCUT2D eigenvalue weighted by molar-refractivity contribution is -0.384. The summed E-state index contributed by atoms with van der Waals surface area (Å²) in [6.45, 7) is 4.12. The fourth-order valence-corrected chi connectivity index (χ4v) is 1.96. The molecule has 0 bridgehead atoms. The Balaban J connectivity index is 0.00000200. The first-order valence-electron chi connectivity index (χ1n) is 6.29. The molecule has 7 heteroatoms. The number of nitro benzene ring substituents is 1. The number of halogens is 1. The second kappa shape index (κ2) is 7.21. The van der Waals surface area contributed by atoms with Crippen molar-refractivity contribution >= 4 is 24.0 Å². The van der Waals surface area contributed by atoms with Gasteiger partial charge in [0, 0.05) is 24.6 Å². The minimum atomic E-state index is -0.436. The number of amides is 1. The highest BCUT2D eigenvalue weighted by Crippen LogP contribution is 2.16. The van der Waals surface area contributed by atoms with Gasteiger partial charge < -0.3 is 10.6 Å². The molecule has 6 nitrogen and oxygen atoms in total. The molecule has 1 atom stereocenters. The normalized spacial score (nSPS) is 15.7. The molecule has 2 N–H and O–H groups in total. The van der Waals surface area contributed by atoms with Gasteiger partial charge in [0.2, 0.25) is 5.91 Å². The summed E-state index contributed by atoms with van der Waals surface area (Å²) in [7, 11) is 0. The lowest BCUT2D eigenvalue weighted by Crippen LogP contribution is -2.49. The number of benzene rings is 1. The van der Waals surface area contributed by atoms with E-state index in [0.29, 0.717) is 12.5 Å². The molecule has 20 heavy (non-hydrogen) atoms. The van der Waals surface area contributed by atoms with E-state index in [4.69, 9.17) is 0 Å². The summed E-state index contributed by atoms with van der Waals surface area (Å²) in [5.74, 6) is 0.445. The van der Waals surface area contributed by atoms with Crippen LogP contribution in [0, 0.1) is 22.0 Å². The molecule has 1 heterocycles. The molecular formula is C13H18ClN3O3. The van der Waals surface area contributed by atoms with Crippen LogP contribution in [0.1, 0.15) is 12.5 Å². The predicted octanol–water partition coefficient (Wildman–Crippen LogP) is 1.49. The molecule has 1 aliphatic rings. The zero-order chi connectivity index (χ0) is 13.8. The van der Waals surface area contributed by atoms with Gasteiger partial charge in [-0.05, 0) is 24.6 Å². The quantitative estimate of drug-likeness (QED) is 0.637. The summed E-state index contributed by atoms with van der Waals surface area (Å²) in [4.78, 5) is 22.0. The van der Waals surface area contributed by atoms with Gasteiger partial charge in [-0.1, -0.05) is 19.1 Å². The molecule has 1 saturated heterocycles. The topological polar surface area (TPSA) is 84.3 Å². The van der Waals surface area contributed by atoms with Crippen LogP contribution in [-0.2, 0) is 11.3 Å². The standard InChI is InChI=1S/C13H17N3O3.ClH/c1-9(11-7-14-8-11)13(17)15-6-10-2-4-12(5-3-10)16(18)19;/h2-5,9,11,14H,6-8H2,1H3,(H,15,17);1H. The summed E-state index contributed by atoms with van der Waals surface area (Å²) in [6.07, 6.45) is 0. The van der Waals surface area contributed by atoms with Crippen molar-refractivity contribution in [3.63, 3.8) is 0 Å². The van der Waals surface area contributed by atoms with Crippen LogP contribution in [0.25, 0.3) is 0 Å². The van der Waals surface area contributed by atoms with Crippen LogP contribution in [0.4, 0.5) is 5.69 Å². The number of carbonyl (C=O) groups is 1. The summed E-state index contributed by atoms with van der Waals surface area (Å²) >= 11 is 0. The second-order valence-corrected chi connectivity index (χ2v) is 4.85. The van der Waals surface area contributed by atoms with Crippen molar-refractivity contribution in [2.24, 2.45) is 11.8 Å². The fourth-order valence-electron chi connectivity index (χ4n) is 1.96. The Kier molecular flexibility index (Phi) is 5.91. The van der Waals surface area contributed by atoms with Crippen molar-refractivity contribution < 1.29 is 9.72 Å². The van der Waals surface area contributed by atoms with Gasteiger partial charge in [-0.2, -0.15) is 0 Å². The zero-order valence-electron chi connectivity index (χ0n) is 11.2. The van der Waals surface area contributed by atoms with Crippen molar-refractivity contribution in [2.45, 2.75) is 13.5 Å². The maximum absolute atomic E-state index is 11.9. The monoisotopic (exact) mass is 299 g/mol. The number of carbonyl (C=O) groups excluding carboxylic acids is 1. The van der Waals surface area contributed by atoms with Crippen LogP contribution >= 0.6 is 12.4 Å². The van der Waals surface area contributed by atoms with Crippen molar-refractivity contribution in [1.82, 2.24) is 10.6 Å². The lowest BCUT2D eigenvalue weighted by atomic mass is 9.88. The number of nitro groups is 1. The van der Waals surface area contributed by atoms with Gasteiger partial charge in [0.15, 0.2) is 0 Å². The molecule has 0 aromatic heterocycles. The van der Waals surface area contributed by atoms with Crippen LogP contribution in [0.2, 0.25) is 0 Å². The van der Waals surface area contributed by atoms with E-state index in [1.54, 1.807) is 12.1 Å². The molecule has 1 unspecified atom stereocenters.